The molecule has 2 aromatic carbocycles. The number of aromatic nitrogens is 1. The van der Waals surface area contributed by atoms with Gasteiger partial charge in [-0.2, -0.15) is 0 Å². The number of hydrogen-bond donors (Lipinski definition) is 7. The largest absolute Gasteiger partial charge is 0.478 e. The number of unbranched alkanes of at least 4 members (excludes halogenated alkanes) is 3. The molecule has 42 heavy (non-hydrogen) atoms. The van der Waals surface area contributed by atoms with Crippen molar-refractivity contribution in [1.29, 1.82) is 0 Å². The molecule has 1 heterocycles. The summed E-state index contributed by atoms with van der Waals surface area (Å²) in [5.74, 6) is -0.143. The molecule has 3 atom stereocenters. The number of aliphatic imine (C=N–C) groups is 1. The van der Waals surface area contributed by atoms with Gasteiger partial charge in [0.05, 0.1) is 18.7 Å². The fourth-order valence-electron chi connectivity index (χ4n) is 5.45. The maximum atomic E-state index is 11.7. The first kappa shape index (κ1) is 32.7. The zero-order chi connectivity index (χ0) is 30.2. The Kier molecular flexibility index (Phi) is 13.9. The Morgan fingerprint density at radius 3 is 2.38 bits per heavy atom. The average molecular weight is 578 g/mol. The van der Waals surface area contributed by atoms with E-state index in [0.29, 0.717) is 12.0 Å². The molecule has 228 valence electrons. The predicted molar refractivity (Wildman–Crippen MR) is 171 cm³/mol. The van der Waals surface area contributed by atoms with Crippen LogP contribution in [-0.2, 0) is 4.79 Å². The molecule has 3 rings (SSSR count). The molecule has 9 N–H and O–H groups in total. The number of aliphatic hydroxyl groups is 2. The predicted octanol–water partition coefficient (Wildman–Crippen LogP) is 5.27. The molecule has 0 aliphatic rings. The molecule has 0 saturated carbocycles. The molecule has 1 aromatic heterocycles. The zero-order valence-corrected chi connectivity index (χ0v) is 24.4. The highest BCUT2D eigenvalue weighted by molar-refractivity contribution is 5.83. The second-order valence-corrected chi connectivity index (χ2v) is 11.0. The van der Waals surface area contributed by atoms with Crippen LogP contribution in [0.15, 0.2) is 77.4 Å². The summed E-state index contributed by atoms with van der Waals surface area (Å²) in [6.45, 7) is 0.306. The number of carboxylic acid groups (broad SMARTS) is 1. The lowest BCUT2D eigenvalue weighted by Crippen LogP contribution is -2.28. The lowest BCUT2D eigenvalue weighted by atomic mass is 9.85. The van der Waals surface area contributed by atoms with E-state index < -0.39 is 5.97 Å². The number of anilines is 1. The third-order valence-electron chi connectivity index (χ3n) is 7.71. The minimum Gasteiger partial charge on any atom is -0.478 e. The van der Waals surface area contributed by atoms with Crippen molar-refractivity contribution in [3.8, 4) is 0 Å². The van der Waals surface area contributed by atoms with Gasteiger partial charge < -0.3 is 37.1 Å². The number of hydrogen-bond acceptors (Lipinski definition) is 5. The summed E-state index contributed by atoms with van der Waals surface area (Å²) in [6.07, 6.45) is 11.2. The van der Waals surface area contributed by atoms with Crippen LogP contribution in [0.5, 0.6) is 0 Å². The van der Waals surface area contributed by atoms with Crippen LogP contribution in [0, 0.1) is 0 Å². The Bertz CT molecular complexity index is 1270. The van der Waals surface area contributed by atoms with Crippen molar-refractivity contribution in [2.24, 2.45) is 16.5 Å². The van der Waals surface area contributed by atoms with Crippen LogP contribution in [-0.4, -0.2) is 57.5 Å². The maximum Gasteiger partial charge on any atom is 0.328 e. The normalized spacial score (nSPS) is 13.9. The van der Waals surface area contributed by atoms with Crippen LogP contribution in [0.4, 0.5) is 5.82 Å². The summed E-state index contributed by atoms with van der Waals surface area (Å²) in [5, 5.41) is 35.0. The van der Waals surface area contributed by atoms with E-state index in [4.69, 9.17) is 16.6 Å². The monoisotopic (exact) mass is 577 g/mol. The topological polar surface area (TPSA) is 170 Å². The first-order valence-corrected chi connectivity index (χ1v) is 15.0. The van der Waals surface area contributed by atoms with Gasteiger partial charge in [-0.15, -0.1) is 0 Å². The van der Waals surface area contributed by atoms with Crippen LogP contribution in [0.25, 0.3) is 10.8 Å². The highest BCUT2D eigenvalue weighted by Crippen LogP contribution is 2.32. The number of guanidine groups is 1. The summed E-state index contributed by atoms with van der Waals surface area (Å²) in [4.78, 5) is 19.0. The number of H-pyrrole nitrogens is 1. The minimum atomic E-state index is -1.05. The first-order chi connectivity index (χ1) is 20.4. The van der Waals surface area contributed by atoms with Crippen LogP contribution < -0.4 is 16.8 Å². The SMILES string of the molecule is NC(N)=NCC(=CC(=O)O)C(CCC(CCCC(O)CCCCCCO)c1ccc2ccccc2c1)Nc1ccc[nH]1. The fourth-order valence-corrected chi connectivity index (χ4v) is 5.45. The van der Waals surface area contributed by atoms with Crippen molar-refractivity contribution in [3.63, 3.8) is 0 Å². The number of carbonyl (C=O) groups is 1. The van der Waals surface area contributed by atoms with Crippen LogP contribution in [0.2, 0.25) is 0 Å². The molecule has 3 aromatic rings. The number of fused-ring (bicyclic) bond motifs is 1. The Labute approximate surface area is 248 Å². The fraction of sp³-hybridized carbons (Fsp3) is 0.455. The maximum absolute atomic E-state index is 11.7. The van der Waals surface area contributed by atoms with E-state index in [1.807, 2.05) is 30.5 Å². The molecule has 0 amide bonds. The number of nitrogens with one attached hydrogen (secondary N) is 2. The number of aliphatic hydroxyl groups excluding tert-OH is 2. The first-order valence-electron chi connectivity index (χ1n) is 15.0. The number of aliphatic carboxylic acids is 1. The van der Waals surface area contributed by atoms with Crippen molar-refractivity contribution >= 4 is 28.5 Å². The van der Waals surface area contributed by atoms with E-state index in [1.165, 1.54) is 22.4 Å². The zero-order valence-electron chi connectivity index (χ0n) is 24.4. The van der Waals surface area contributed by atoms with E-state index in [0.717, 1.165) is 63.6 Å². The highest BCUT2D eigenvalue weighted by Gasteiger charge is 2.21. The lowest BCUT2D eigenvalue weighted by molar-refractivity contribution is -0.131. The van der Waals surface area contributed by atoms with Gasteiger partial charge in [0.2, 0.25) is 0 Å². The molecule has 0 spiro atoms. The van der Waals surface area contributed by atoms with E-state index in [-0.39, 0.29) is 37.2 Å². The summed E-state index contributed by atoms with van der Waals surface area (Å²) < 4.78 is 0. The molecule has 0 aliphatic heterocycles. The molecule has 0 fully saturated rings. The third-order valence-corrected chi connectivity index (χ3v) is 7.71. The van der Waals surface area contributed by atoms with Crippen molar-refractivity contribution in [2.75, 3.05) is 18.5 Å². The molecule has 3 unspecified atom stereocenters. The number of rotatable bonds is 20. The van der Waals surface area contributed by atoms with E-state index in [1.54, 1.807) is 0 Å². The second kappa shape index (κ2) is 17.9. The van der Waals surface area contributed by atoms with Gasteiger partial charge in [0, 0.05) is 18.9 Å². The molecule has 0 radical (unpaired) electrons. The molecular formula is C33H47N5O4. The molecule has 9 nitrogen and oxygen atoms in total. The smallest absolute Gasteiger partial charge is 0.328 e. The standard InChI is InChI=1S/C33H47N5O4/c34-33(35)37-23-28(22-32(41)42)30(38-31-14-8-19-36-31)18-17-25(11-7-13-29(40)12-3-1-2-6-20-39)27-16-15-24-9-4-5-10-26(24)21-27/h4-5,8-10,14-16,19,21-22,25,29-30,36,38-40H,1-3,6-7,11-13,17-18,20,23H2,(H,41,42)(H4,34,35,37). The number of benzene rings is 2. The van der Waals surface area contributed by atoms with Crippen LogP contribution in [0.3, 0.4) is 0 Å². The molecule has 0 aliphatic carbocycles. The summed E-state index contributed by atoms with van der Waals surface area (Å²) in [7, 11) is 0. The third kappa shape index (κ3) is 11.6. The molecular weight excluding hydrogens is 530 g/mol. The van der Waals surface area contributed by atoms with Gasteiger partial charge in [-0.05, 0) is 78.5 Å². The number of aromatic amines is 1. The summed E-state index contributed by atoms with van der Waals surface area (Å²) in [5.41, 5.74) is 13.0. The number of nitrogens with zero attached hydrogens (tertiary/aromatic N) is 1. The molecule has 0 saturated heterocycles. The second-order valence-electron chi connectivity index (χ2n) is 11.0. The van der Waals surface area contributed by atoms with E-state index >= 15 is 0 Å². The lowest BCUT2D eigenvalue weighted by Gasteiger charge is -2.25. The van der Waals surface area contributed by atoms with Gasteiger partial charge >= 0.3 is 5.97 Å². The van der Waals surface area contributed by atoms with Gasteiger partial charge in [-0.1, -0.05) is 68.1 Å². The van der Waals surface area contributed by atoms with Gasteiger partial charge in [0.1, 0.15) is 5.82 Å². The van der Waals surface area contributed by atoms with Crippen molar-refractivity contribution in [3.05, 3.63) is 78.0 Å². The minimum absolute atomic E-state index is 0.0815. The van der Waals surface area contributed by atoms with Gasteiger partial charge in [0.15, 0.2) is 5.96 Å². The summed E-state index contributed by atoms with van der Waals surface area (Å²) >= 11 is 0. The van der Waals surface area contributed by atoms with Gasteiger partial charge in [0.25, 0.3) is 0 Å². The Morgan fingerprint density at radius 1 is 0.905 bits per heavy atom. The van der Waals surface area contributed by atoms with E-state index in [2.05, 4.69) is 45.6 Å². The number of carboxylic acids is 1. The summed E-state index contributed by atoms with van der Waals surface area (Å²) in [6, 6.07) is 18.4. The van der Waals surface area contributed by atoms with Crippen LogP contribution in [0.1, 0.15) is 75.7 Å². The highest BCUT2D eigenvalue weighted by atomic mass is 16.4. The van der Waals surface area contributed by atoms with Gasteiger partial charge in [-0.25, -0.2) is 9.79 Å². The quantitative estimate of drug-likeness (QED) is 0.0415. The van der Waals surface area contributed by atoms with E-state index in [9.17, 15) is 15.0 Å². The van der Waals surface area contributed by atoms with Crippen molar-refractivity contribution in [1.82, 2.24) is 4.98 Å². The van der Waals surface area contributed by atoms with Gasteiger partial charge in [-0.3, -0.25) is 0 Å². The Morgan fingerprint density at radius 2 is 1.67 bits per heavy atom. The molecule has 9 heteroatoms. The van der Waals surface area contributed by atoms with Crippen molar-refractivity contribution in [2.45, 2.75) is 82.3 Å². The number of nitrogens with two attached hydrogens (primary N) is 2. The van der Waals surface area contributed by atoms with Crippen LogP contribution >= 0.6 is 0 Å². The Balaban J connectivity index is 1.76. The Hall–Kier alpha value is -3.82. The average Bonchev–Trinajstić information content (AvgIpc) is 3.49. The molecule has 0 bridgehead atoms. The van der Waals surface area contributed by atoms with Crippen molar-refractivity contribution < 1.29 is 20.1 Å².